The summed E-state index contributed by atoms with van der Waals surface area (Å²) in [6.07, 6.45) is 2.20. The molecule has 0 saturated heterocycles. The fourth-order valence-electron chi connectivity index (χ4n) is 1.93. The normalized spacial score (nSPS) is 18.3. The Morgan fingerprint density at radius 2 is 2.11 bits per heavy atom. The molecule has 5 nitrogen and oxygen atoms in total. The predicted molar refractivity (Wildman–Crippen MR) is 69.9 cm³/mol. The molecule has 100 valence electrons. The maximum Gasteiger partial charge on any atom is 0.241 e. The molecule has 7 heteroatoms. The first-order chi connectivity index (χ1) is 8.38. The van der Waals surface area contributed by atoms with Crippen LogP contribution in [-0.4, -0.2) is 25.7 Å². The van der Waals surface area contributed by atoms with Crippen molar-refractivity contribution >= 4 is 27.3 Å². The van der Waals surface area contributed by atoms with Crippen molar-refractivity contribution in [3.05, 3.63) is 23.2 Å². The summed E-state index contributed by atoms with van der Waals surface area (Å²) in [5.74, 6) is 0. The van der Waals surface area contributed by atoms with E-state index in [1.54, 1.807) is 0 Å². The molecule has 1 fully saturated rings. The van der Waals surface area contributed by atoms with Gasteiger partial charge >= 0.3 is 0 Å². The Kier molecular flexibility index (Phi) is 3.55. The molecule has 0 spiro atoms. The van der Waals surface area contributed by atoms with Gasteiger partial charge in [-0.25, -0.2) is 13.1 Å². The van der Waals surface area contributed by atoms with Gasteiger partial charge in [-0.1, -0.05) is 11.6 Å². The fraction of sp³-hybridized carbons (Fsp3) is 0.455. The highest BCUT2D eigenvalue weighted by Crippen LogP contribution is 2.33. The van der Waals surface area contributed by atoms with Gasteiger partial charge in [0, 0.05) is 0 Å². The van der Waals surface area contributed by atoms with Gasteiger partial charge in [0.2, 0.25) is 10.0 Å². The minimum absolute atomic E-state index is 0.0594. The van der Waals surface area contributed by atoms with E-state index in [9.17, 15) is 13.5 Å². The van der Waals surface area contributed by atoms with Crippen molar-refractivity contribution in [2.75, 3.05) is 12.3 Å². The Balaban J connectivity index is 2.28. The molecule has 0 amide bonds. The predicted octanol–water partition coefficient (Wildman–Crippen LogP) is 1.12. The monoisotopic (exact) mass is 290 g/mol. The molecule has 0 aliphatic heterocycles. The zero-order valence-corrected chi connectivity index (χ0v) is 11.3. The standard InChI is InChI=1S/C11H15ClN2O3S/c12-9-3-2-8(6-10(9)13)18(16,17)14-11(7-15)4-1-5-11/h2-3,6,14-15H,1,4-5,7,13H2. The summed E-state index contributed by atoms with van der Waals surface area (Å²) >= 11 is 5.75. The lowest BCUT2D eigenvalue weighted by Crippen LogP contribution is -2.55. The number of hydrogen-bond acceptors (Lipinski definition) is 4. The van der Waals surface area contributed by atoms with Gasteiger partial charge in [0.1, 0.15) is 0 Å². The molecular weight excluding hydrogens is 276 g/mol. The third-order valence-electron chi connectivity index (χ3n) is 3.24. The van der Waals surface area contributed by atoms with Crippen molar-refractivity contribution in [2.24, 2.45) is 0 Å². The zero-order chi connectivity index (χ0) is 13.4. The number of anilines is 1. The van der Waals surface area contributed by atoms with E-state index >= 15 is 0 Å². The first kappa shape index (κ1) is 13.6. The van der Waals surface area contributed by atoms with Crippen molar-refractivity contribution in [2.45, 2.75) is 29.7 Å². The molecule has 0 bridgehead atoms. The second-order valence-electron chi connectivity index (χ2n) is 4.58. The van der Waals surface area contributed by atoms with Gasteiger partial charge in [-0.15, -0.1) is 0 Å². The highest BCUT2D eigenvalue weighted by molar-refractivity contribution is 7.89. The van der Waals surface area contributed by atoms with Crippen molar-refractivity contribution in [3.8, 4) is 0 Å². The first-order valence-corrected chi connectivity index (χ1v) is 7.45. The number of hydrogen-bond donors (Lipinski definition) is 3. The average Bonchev–Trinajstić information content (AvgIpc) is 2.27. The molecule has 0 radical (unpaired) electrons. The maximum absolute atomic E-state index is 12.1. The molecule has 4 N–H and O–H groups in total. The molecule has 1 saturated carbocycles. The lowest BCUT2D eigenvalue weighted by Gasteiger charge is -2.40. The fourth-order valence-corrected chi connectivity index (χ4v) is 3.53. The highest BCUT2D eigenvalue weighted by atomic mass is 35.5. The summed E-state index contributed by atoms with van der Waals surface area (Å²) < 4.78 is 26.8. The lowest BCUT2D eigenvalue weighted by molar-refractivity contribution is 0.110. The van der Waals surface area contributed by atoms with E-state index in [0.717, 1.165) is 6.42 Å². The third-order valence-corrected chi connectivity index (χ3v) is 5.16. The molecular formula is C11H15ClN2O3S. The van der Waals surface area contributed by atoms with Crippen molar-refractivity contribution < 1.29 is 13.5 Å². The molecule has 1 aromatic carbocycles. The van der Waals surface area contributed by atoms with Gasteiger partial charge in [0.25, 0.3) is 0 Å². The number of sulfonamides is 1. The highest BCUT2D eigenvalue weighted by Gasteiger charge is 2.40. The number of rotatable bonds is 4. The van der Waals surface area contributed by atoms with E-state index in [4.69, 9.17) is 17.3 Å². The average molecular weight is 291 g/mol. The number of aliphatic hydroxyl groups excluding tert-OH is 1. The van der Waals surface area contributed by atoms with E-state index < -0.39 is 15.6 Å². The first-order valence-electron chi connectivity index (χ1n) is 5.58. The van der Waals surface area contributed by atoms with Gasteiger partial charge < -0.3 is 10.8 Å². The number of nitrogens with one attached hydrogen (secondary N) is 1. The third kappa shape index (κ3) is 2.47. The summed E-state index contributed by atoms with van der Waals surface area (Å²) in [5, 5.41) is 9.59. The largest absolute Gasteiger partial charge is 0.397 e. The van der Waals surface area contributed by atoms with Crippen LogP contribution >= 0.6 is 11.6 Å². The van der Waals surface area contributed by atoms with Crippen LogP contribution in [0.2, 0.25) is 5.02 Å². The van der Waals surface area contributed by atoms with Crippen molar-refractivity contribution in [3.63, 3.8) is 0 Å². The lowest BCUT2D eigenvalue weighted by atomic mass is 9.78. The molecule has 0 unspecified atom stereocenters. The Bertz CT molecular complexity index is 550. The Labute approximate surface area is 111 Å². The summed E-state index contributed by atoms with van der Waals surface area (Å²) in [5.41, 5.74) is 5.09. The van der Waals surface area contributed by atoms with Crippen LogP contribution in [0.3, 0.4) is 0 Å². The minimum atomic E-state index is -3.68. The summed E-state index contributed by atoms with van der Waals surface area (Å²) in [7, 11) is -3.68. The second-order valence-corrected chi connectivity index (χ2v) is 6.67. The van der Waals surface area contributed by atoms with E-state index in [1.165, 1.54) is 18.2 Å². The van der Waals surface area contributed by atoms with Crippen LogP contribution < -0.4 is 10.5 Å². The van der Waals surface area contributed by atoms with Crippen molar-refractivity contribution in [1.29, 1.82) is 0 Å². The molecule has 0 heterocycles. The summed E-state index contributed by atoms with van der Waals surface area (Å²) in [4.78, 5) is 0.0594. The quantitative estimate of drug-likeness (QED) is 0.725. The van der Waals surface area contributed by atoms with Crippen LogP contribution in [0.1, 0.15) is 19.3 Å². The SMILES string of the molecule is Nc1cc(S(=O)(=O)NC2(CO)CCC2)ccc1Cl. The summed E-state index contributed by atoms with van der Waals surface area (Å²) in [6.45, 7) is -0.199. The van der Waals surface area contributed by atoms with E-state index in [1.807, 2.05) is 0 Å². The topological polar surface area (TPSA) is 92.4 Å². The van der Waals surface area contributed by atoms with Crippen LogP contribution in [0, 0.1) is 0 Å². The second kappa shape index (κ2) is 4.70. The van der Waals surface area contributed by atoms with Gasteiger partial charge in [0.15, 0.2) is 0 Å². The van der Waals surface area contributed by atoms with Crippen LogP contribution in [0.15, 0.2) is 23.1 Å². The van der Waals surface area contributed by atoms with Crippen LogP contribution in [0.5, 0.6) is 0 Å². The van der Waals surface area contributed by atoms with Crippen molar-refractivity contribution in [1.82, 2.24) is 4.72 Å². The molecule has 1 aliphatic rings. The zero-order valence-electron chi connectivity index (χ0n) is 9.69. The molecule has 2 rings (SSSR count). The molecule has 0 atom stereocenters. The number of aliphatic hydroxyl groups is 1. The number of halogens is 1. The maximum atomic E-state index is 12.1. The Morgan fingerprint density at radius 3 is 2.56 bits per heavy atom. The molecule has 1 aliphatic carbocycles. The van der Waals surface area contributed by atoms with Crippen LogP contribution in [0.25, 0.3) is 0 Å². The Morgan fingerprint density at radius 1 is 1.44 bits per heavy atom. The van der Waals surface area contributed by atoms with E-state index in [-0.39, 0.29) is 17.2 Å². The molecule has 18 heavy (non-hydrogen) atoms. The number of nitrogens with two attached hydrogens (primary N) is 1. The van der Waals surface area contributed by atoms with E-state index in [0.29, 0.717) is 17.9 Å². The Hall–Kier alpha value is -0.820. The summed E-state index contributed by atoms with van der Waals surface area (Å²) in [6, 6.07) is 4.15. The van der Waals surface area contributed by atoms with Gasteiger partial charge in [-0.3, -0.25) is 0 Å². The van der Waals surface area contributed by atoms with Gasteiger partial charge in [-0.2, -0.15) is 0 Å². The number of benzene rings is 1. The smallest absolute Gasteiger partial charge is 0.241 e. The number of nitrogen functional groups attached to an aromatic ring is 1. The molecule has 1 aromatic rings. The molecule has 0 aromatic heterocycles. The van der Waals surface area contributed by atoms with Gasteiger partial charge in [0.05, 0.1) is 27.8 Å². The van der Waals surface area contributed by atoms with Crippen LogP contribution in [-0.2, 0) is 10.0 Å². The van der Waals surface area contributed by atoms with E-state index in [2.05, 4.69) is 4.72 Å². The van der Waals surface area contributed by atoms with Crippen LogP contribution in [0.4, 0.5) is 5.69 Å². The minimum Gasteiger partial charge on any atom is -0.397 e. The van der Waals surface area contributed by atoms with Gasteiger partial charge in [-0.05, 0) is 37.5 Å².